The highest BCUT2D eigenvalue weighted by atomic mass is 16.5. The number of carbonyl (C=O) groups is 1. The molecule has 6 nitrogen and oxygen atoms in total. The van der Waals surface area contributed by atoms with Crippen molar-refractivity contribution >= 4 is 17.5 Å². The number of carbonyl (C=O) groups excluding carboxylic acids is 1. The number of methoxy groups -OCH3 is 1. The van der Waals surface area contributed by atoms with Crippen molar-refractivity contribution in [2.45, 2.75) is 25.3 Å². The van der Waals surface area contributed by atoms with Crippen LogP contribution in [0.15, 0.2) is 42.6 Å². The third-order valence-electron chi connectivity index (χ3n) is 3.81. The average molecular weight is 326 g/mol. The van der Waals surface area contributed by atoms with Crippen molar-refractivity contribution in [1.29, 1.82) is 0 Å². The standard InChI is InChI=1S/C18H22N4O2/c1-24-16-7-2-13(3-8-16)10-11-19-17-9-6-15(12-20-17)22-18(23)21-14-4-5-14/h2-3,6-9,12,14H,4-5,10-11H2,1H3,(H,19,20)(H2,21,22,23). The number of nitrogens with one attached hydrogen (secondary N) is 3. The number of anilines is 2. The number of ether oxygens (including phenoxy) is 1. The van der Waals surface area contributed by atoms with Crippen LogP contribution in [0.1, 0.15) is 18.4 Å². The topological polar surface area (TPSA) is 75.3 Å². The number of aromatic nitrogens is 1. The maximum Gasteiger partial charge on any atom is 0.319 e. The lowest BCUT2D eigenvalue weighted by molar-refractivity contribution is 0.251. The fraction of sp³-hybridized carbons (Fsp3) is 0.333. The number of urea groups is 1. The summed E-state index contributed by atoms with van der Waals surface area (Å²) in [7, 11) is 1.66. The average Bonchev–Trinajstić information content (AvgIpc) is 3.41. The van der Waals surface area contributed by atoms with Gasteiger partial charge in [-0.15, -0.1) is 0 Å². The molecule has 0 aliphatic heterocycles. The zero-order chi connectivity index (χ0) is 16.8. The summed E-state index contributed by atoms with van der Waals surface area (Å²) in [6.07, 6.45) is 4.70. The summed E-state index contributed by atoms with van der Waals surface area (Å²) in [4.78, 5) is 16.0. The molecule has 0 radical (unpaired) electrons. The van der Waals surface area contributed by atoms with Gasteiger partial charge in [-0.2, -0.15) is 0 Å². The third kappa shape index (κ3) is 4.87. The molecule has 1 heterocycles. The van der Waals surface area contributed by atoms with Crippen LogP contribution in [0.5, 0.6) is 5.75 Å². The van der Waals surface area contributed by atoms with E-state index in [0.29, 0.717) is 11.7 Å². The fourth-order valence-corrected chi connectivity index (χ4v) is 2.28. The molecule has 1 fully saturated rings. The van der Waals surface area contributed by atoms with E-state index in [1.807, 2.05) is 24.3 Å². The van der Waals surface area contributed by atoms with Crippen molar-refractivity contribution in [1.82, 2.24) is 10.3 Å². The molecule has 6 heteroatoms. The summed E-state index contributed by atoms with van der Waals surface area (Å²) in [6.45, 7) is 0.786. The van der Waals surface area contributed by atoms with Gasteiger partial charge in [0.1, 0.15) is 11.6 Å². The molecule has 0 saturated heterocycles. The van der Waals surface area contributed by atoms with Crippen molar-refractivity contribution in [3.63, 3.8) is 0 Å². The van der Waals surface area contributed by atoms with Gasteiger partial charge in [-0.1, -0.05) is 12.1 Å². The Kier molecular flexibility index (Phi) is 5.15. The minimum Gasteiger partial charge on any atom is -0.497 e. The van der Waals surface area contributed by atoms with Crippen LogP contribution in [-0.4, -0.2) is 30.7 Å². The zero-order valence-electron chi connectivity index (χ0n) is 13.7. The first kappa shape index (κ1) is 16.1. The van der Waals surface area contributed by atoms with Crippen molar-refractivity contribution in [3.05, 3.63) is 48.2 Å². The lowest BCUT2D eigenvalue weighted by atomic mass is 10.1. The first-order chi connectivity index (χ1) is 11.7. The van der Waals surface area contributed by atoms with Crippen LogP contribution in [0.25, 0.3) is 0 Å². The minimum atomic E-state index is -0.167. The highest BCUT2D eigenvalue weighted by molar-refractivity contribution is 5.89. The van der Waals surface area contributed by atoms with E-state index in [0.717, 1.165) is 37.4 Å². The smallest absolute Gasteiger partial charge is 0.319 e. The molecule has 2 aromatic rings. The van der Waals surface area contributed by atoms with Crippen LogP contribution in [0, 0.1) is 0 Å². The second-order valence-corrected chi connectivity index (χ2v) is 5.83. The van der Waals surface area contributed by atoms with Crippen LogP contribution >= 0.6 is 0 Å². The third-order valence-corrected chi connectivity index (χ3v) is 3.81. The Morgan fingerprint density at radius 2 is 2.00 bits per heavy atom. The molecule has 1 aromatic heterocycles. The molecule has 0 atom stereocenters. The highest BCUT2D eigenvalue weighted by Crippen LogP contribution is 2.19. The molecule has 2 amide bonds. The lowest BCUT2D eigenvalue weighted by Gasteiger charge is -2.09. The van der Waals surface area contributed by atoms with Crippen molar-refractivity contribution in [2.24, 2.45) is 0 Å². The summed E-state index contributed by atoms with van der Waals surface area (Å²) in [5.41, 5.74) is 1.92. The number of benzene rings is 1. The Morgan fingerprint density at radius 1 is 1.21 bits per heavy atom. The Labute approximate surface area is 141 Å². The van der Waals surface area contributed by atoms with Crippen molar-refractivity contribution < 1.29 is 9.53 Å². The second kappa shape index (κ2) is 7.68. The lowest BCUT2D eigenvalue weighted by Crippen LogP contribution is -2.30. The molecule has 1 aliphatic carbocycles. The number of hydrogen-bond acceptors (Lipinski definition) is 4. The summed E-state index contributed by atoms with van der Waals surface area (Å²) in [5.74, 6) is 1.65. The number of nitrogens with zero attached hydrogens (tertiary/aromatic N) is 1. The van der Waals surface area contributed by atoms with Gasteiger partial charge in [-0.25, -0.2) is 9.78 Å². The number of hydrogen-bond donors (Lipinski definition) is 3. The van der Waals surface area contributed by atoms with Gasteiger partial charge in [0.2, 0.25) is 0 Å². The van der Waals surface area contributed by atoms with Gasteiger partial charge >= 0.3 is 6.03 Å². The van der Waals surface area contributed by atoms with Crippen LogP contribution in [0.3, 0.4) is 0 Å². The molecule has 126 valence electrons. The summed E-state index contributed by atoms with van der Waals surface area (Å²) < 4.78 is 5.15. The minimum absolute atomic E-state index is 0.167. The van der Waals surface area contributed by atoms with Crippen molar-refractivity contribution in [2.75, 3.05) is 24.3 Å². The van der Waals surface area contributed by atoms with E-state index in [1.165, 1.54) is 5.56 Å². The van der Waals surface area contributed by atoms with E-state index < -0.39 is 0 Å². The van der Waals surface area contributed by atoms with Gasteiger partial charge in [0.05, 0.1) is 19.0 Å². The van der Waals surface area contributed by atoms with Gasteiger partial charge in [0.25, 0.3) is 0 Å². The highest BCUT2D eigenvalue weighted by Gasteiger charge is 2.23. The van der Waals surface area contributed by atoms with E-state index in [9.17, 15) is 4.79 Å². The molecule has 3 N–H and O–H groups in total. The zero-order valence-corrected chi connectivity index (χ0v) is 13.7. The Balaban J connectivity index is 1.42. The Bertz CT molecular complexity index is 666. The largest absolute Gasteiger partial charge is 0.497 e. The molecule has 1 aromatic carbocycles. The van der Waals surface area contributed by atoms with Gasteiger partial charge in [0, 0.05) is 12.6 Å². The summed E-state index contributed by atoms with van der Waals surface area (Å²) in [6, 6.07) is 11.9. The molecule has 0 unspecified atom stereocenters. The van der Waals surface area contributed by atoms with Crippen LogP contribution < -0.4 is 20.7 Å². The molecule has 1 aliphatic rings. The molecular formula is C18H22N4O2. The van der Waals surface area contributed by atoms with E-state index in [4.69, 9.17) is 4.74 Å². The first-order valence-corrected chi connectivity index (χ1v) is 8.13. The summed E-state index contributed by atoms with van der Waals surface area (Å²) >= 11 is 0. The quantitative estimate of drug-likeness (QED) is 0.731. The van der Waals surface area contributed by atoms with E-state index in [1.54, 1.807) is 13.3 Å². The predicted octanol–water partition coefficient (Wildman–Crippen LogP) is 3.03. The molecule has 0 spiro atoms. The van der Waals surface area contributed by atoms with E-state index in [2.05, 4.69) is 33.1 Å². The second-order valence-electron chi connectivity index (χ2n) is 5.83. The van der Waals surface area contributed by atoms with Gasteiger partial charge in [0.15, 0.2) is 0 Å². The van der Waals surface area contributed by atoms with Crippen molar-refractivity contribution in [3.8, 4) is 5.75 Å². The number of rotatable bonds is 7. The summed E-state index contributed by atoms with van der Waals surface area (Å²) in [5, 5.41) is 8.93. The van der Waals surface area contributed by atoms with Crippen LogP contribution in [0.2, 0.25) is 0 Å². The molecule has 1 saturated carbocycles. The molecule has 24 heavy (non-hydrogen) atoms. The first-order valence-electron chi connectivity index (χ1n) is 8.13. The monoisotopic (exact) mass is 326 g/mol. The van der Waals surface area contributed by atoms with Gasteiger partial charge in [-0.3, -0.25) is 0 Å². The van der Waals surface area contributed by atoms with E-state index in [-0.39, 0.29) is 6.03 Å². The maximum absolute atomic E-state index is 11.6. The maximum atomic E-state index is 11.6. The van der Waals surface area contributed by atoms with Gasteiger partial charge < -0.3 is 20.7 Å². The number of amides is 2. The van der Waals surface area contributed by atoms with Gasteiger partial charge in [-0.05, 0) is 49.1 Å². The van der Waals surface area contributed by atoms with E-state index >= 15 is 0 Å². The van der Waals surface area contributed by atoms with Crippen LogP contribution in [-0.2, 0) is 6.42 Å². The molecule has 3 rings (SSSR count). The Hall–Kier alpha value is -2.76. The SMILES string of the molecule is COc1ccc(CCNc2ccc(NC(=O)NC3CC3)cn2)cc1. The predicted molar refractivity (Wildman–Crippen MR) is 94.6 cm³/mol. The van der Waals surface area contributed by atoms with Crippen LogP contribution in [0.4, 0.5) is 16.3 Å². The molecular weight excluding hydrogens is 304 g/mol. The molecule has 0 bridgehead atoms. The normalized spacial score (nSPS) is 13.2. The number of pyridine rings is 1. The fourth-order valence-electron chi connectivity index (χ4n) is 2.28. The Morgan fingerprint density at radius 3 is 2.62 bits per heavy atom.